The first-order valence-electron chi connectivity index (χ1n) is 9.47. The summed E-state index contributed by atoms with van der Waals surface area (Å²) >= 11 is 0. The highest BCUT2D eigenvalue weighted by Crippen LogP contribution is 2.20. The Bertz CT molecular complexity index is 622. The van der Waals surface area contributed by atoms with Crippen molar-refractivity contribution in [2.75, 3.05) is 37.3 Å². The van der Waals surface area contributed by atoms with Crippen LogP contribution in [-0.2, 0) is 10.8 Å². The molecule has 5 nitrogen and oxygen atoms in total. The van der Waals surface area contributed by atoms with Crippen molar-refractivity contribution in [1.29, 1.82) is 0 Å². The molecule has 6 heteroatoms. The fourth-order valence-electron chi connectivity index (χ4n) is 3.04. The first-order valence-corrected chi connectivity index (χ1v) is 10.8. The molecule has 0 aromatic heterocycles. The number of anilines is 1. The highest BCUT2D eigenvalue weighted by molar-refractivity contribution is 7.86. The van der Waals surface area contributed by atoms with Crippen LogP contribution in [0.3, 0.4) is 0 Å². The van der Waals surface area contributed by atoms with Gasteiger partial charge in [-0.05, 0) is 52.7 Å². The molecule has 0 aliphatic carbocycles. The monoisotopic (exact) mass is 378 g/mol. The maximum absolute atomic E-state index is 12.2. The van der Waals surface area contributed by atoms with Gasteiger partial charge in [-0.3, -0.25) is 9.20 Å². The maximum Gasteiger partial charge on any atom is 0.191 e. The topological polar surface area (TPSA) is 56.7 Å². The van der Waals surface area contributed by atoms with E-state index in [4.69, 9.17) is 0 Å². The van der Waals surface area contributed by atoms with Gasteiger partial charge < -0.3 is 15.5 Å². The number of guanidine groups is 1. The van der Waals surface area contributed by atoms with Gasteiger partial charge in [-0.25, -0.2) is 0 Å². The molecule has 0 bridgehead atoms. The summed E-state index contributed by atoms with van der Waals surface area (Å²) in [6.45, 7) is 10.9. The average molecular weight is 379 g/mol. The van der Waals surface area contributed by atoms with Crippen LogP contribution < -0.4 is 15.5 Å². The number of aryl methyl sites for hydroxylation is 1. The Hall–Kier alpha value is -1.56. The Balaban J connectivity index is 1.84. The molecule has 1 aromatic carbocycles. The Morgan fingerprint density at radius 1 is 1.31 bits per heavy atom. The highest BCUT2D eigenvalue weighted by Gasteiger charge is 2.22. The van der Waals surface area contributed by atoms with Crippen molar-refractivity contribution in [3.05, 3.63) is 29.8 Å². The number of nitrogens with one attached hydrogen (secondary N) is 2. The van der Waals surface area contributed by atoms with E-state index in [1.807, 2.05) is 20.8 Å². The van der Waals surface area contributed by atoms with Gasteiger partial charge in [0.2, 0.25) is 0 Å². The zero-order valence-corrected chi connectivity index (χ0v) is 17.7. The molecule has 0 saturated carbocycles. The van der Waals surface area contributed by atoms with Crippen LogP contribution >= 0.6 is 0 Å². The predicted molar refractivity (Wildman–Crippen MR) is 114 cm³/mol. The quantitative estimate of drug-likeness (QED) is 0.611. The van der Waals surface area contributed by atoms with Gasteiger partial charge in [0.25, 0.3) is 0 Å². The summed E-state index contributed by atoms with van der Waals surface area (Å²) in [5.74, 6) is 1.43. The highest BCUT2D eigenvalue weighted by atomic mass is 32.2. The maximum atomic E-state index is 12.2. The molecule has 2 atom stereocenters. The summed E-state index contributed by atoms with van der Waals surface area (Å²) in [6, 6.07) is 9.10. The second kappa shape index (κ2) is 9.40. The van der Waals surface area contributed by atoms with Gasteiger partial charge in [0.1, 0.15) is 0 Å². The Morgan fingerprint density at radius 3 is 2.62 bits per heavy atom. The van der Waals surface area contributed by atoms with Crippen molar-refractivity contribution >= 4 is 22.4 Å². The summed E-state index contributed by atoms with van der Waals surface area (Å²) in [6.07, 6.45) is 2.30. The van der Waals surface area contributed by atoms with Gasteiger partial charge in [0.05, 0.1) is 0 Å². The van der Waals surface area contributed by atoms with Gasteiger partial charge in [0, 0.05) is 59.7 Å². The lowest BCUT2D eigenvalue weighted by atomic mass is 10.0. The first-order chi connectivity index (χ1) is 12.3. The number of hydrogen-bond acceptors (Lipinski definition) is 3. The lowest BCUT2D eigenvalue weighted by Crippen LogP contribution is -2.51. The van der Waals surface area contributed by atoms with E-state index in [0.717, 1.165) is 31.9 Å². The van der Waals surface area contributed by atoms with Gasteiger partial charge in [-0.1, -0.05) is 17.7 Å². The summed E-state index contributed by atoms with van der Waals surface area (Å²) in [7, 11) is 0.940. The van der Waals surface area contributed by atoms with E-state index >= 15 is 0 Å². The first kappa shape index (κ1) is 20.7. The van der Waals surface area contributed by atoms with E-state index in [9.17, 15) is 4.21 Å². The number of aliphatic imine (C=N–C) groups is 1. The van der Waals surface area contributed by atoms with Crippen molar-refractivity contribution < 1.29 is 4.21 Å². The van der Waals surface area contributed by atoms with Crippen LogP contribution in [0.15, 0.2) is 29.3 Å². The smallest absolute Gasteiger partial charge is 0.191 e. The second-order valence-corrected chi connectivity index (χ2v) is 10.3. The molecule has 0 radical (unpaired) electrons. The predicted octanol–water partition coefficient (Wildman–Crippen LogP) is 2.68. The summed E-state index contributed by atoms with van der Waals surface area (Å²) in [5, 5.41) is 6.84. The van der Waals surface area contributed by atoms with E-state index in [1.165, 1.54) is 11.3 Å². The molecule has 1 fully saturated rings. The fourth-order valence-corrected chi connectivity index (χ4v) is 3.94. The lowest BCUT2D eigenvalue weighted by Gasteiger charge is -2.35. The van der Waals surface area contributed by atoms with Crippen molar-refractivity contribution in [1.82, 2.24) is 10.6 Å². The third-order valence-corrected chi connectivity index (χ3v) is 6.59. The zero-order chi connectivity index (χ0) is 19.2. The molecular weight excluding hydrogens is 344 g/mol. The summed E-state index contributed by atoms with van der Waals surface area (Å²) < 4.78 is 12.0. The Kier molecular flexibility index (Phi) is 7.50. The second-order valence-electron chi connectivity index (χ2n) is 7.93. The Morgan fingerprint density at radius 2 is 2.00 bits per heavy atom. The molecule has 0 amide bonds. The van der Waals surface area contributed by atoms with Gasteiger partial charge in [-0.2, -0.15) is 0 Å². The van der Waals surface area contributed by atoms with E-state index in [2.05, 4.69) is 51.7 Å². The SMILES string of the molecule is CN=C(NCCS(=O)C(C)(C)C)NC1CCCN(c2ccc(C)cc2)C1. The van der Waals surface area contributed by atoms with Crippen molar-refractivity contribution in [2.24, 2.45) is 4.99 Å². The number of rotatable bonds is 5. The van der Waals surface area contributed by atoms with Gasteiger partial charge >= 0.3 is 0 Å². The van der Waals surface area contributed by atoms with Crippen LogP contribution in [0.1, 0.15) is 39.2 Å². The standard InChI is InChI=1S/C20H34N4OS/c1-16-8-10-18(11-9-16)24-13-6-7-17(15-24)23-19(21-5)22-12-14-26(25)20(2,3)4/h8-11,17H,6-7,12-15H2,1-5H3,(H2,21,22,23). The van der Waals surface area contributed by atoms with Crippen LogP contribution in [-0.4, -0.2) is 53.4 Å². The number of benzene rings is 1. The minimum atomic E-state index is -0.849. The van der Waals surface area contributed by atoms with E-state index in [-0.39, 0.29) is 4.75 Å². The van der Waals surface area contributed by atoms with Crippen molar-refractivity contribution in [3.63, 3.8) is 0 Å². The van der Waals surface area contributed by atoms with Gasteiger partial charge in [0.15, 0.2) is 5.96 Å². The van der Waals surface area contributed by atoms with Crippen molar-refractivity contribution in [2.45, 2.75) is 51.3 Å². The van der Waals surface area contributed by atoms with Gasteiger partial charge in [-0.15, -0.1) is 0 Å². The zero-order valence-electron chi connectivity index (χ0n) is 16.8. The van der Waals surface area contributed by atoms with E-state index < -0.39 is 10.8 Å². The molecule has 0 spiro atoms. The van der Waals surface area contributed by atoms with E-state index in [1.54, 1.807) is 7.05 Å². The van der Waals surface area contributed by atoms with Crippen LogP contribution in [0.25, 0.3) is 0 Å². The molecule has 1 saturated heterocycles. The lowest BCUT2D eigenvalue weighted by molar-refractivity contribution is 0.468. The largest absolute Gasteiger partial charge is 0.369 e. The Labute approximate surface area is 161 Å². The molecule has 1 heterocycles. The molecule has 146 valence electrons. The molecule has 1 aromatic rings. The van der Waals surface area contributed by atoms with Crippen LogP contribution in [0.4, 0.5) is 5.69 Å². The molecule has 2 N–H and O–H groups in total. The number of nitrogens with zero attached hydrogens (tertiary/aromatic N) is 2. The normalized spacial score (nSPS) is 20.0. The minimum absolute atomic E-state index is 0.170. The van der Waals surface area contributed by atoms with Crippen molar-refractivity contribution in [3.8, 4) is 0 Å². The van der Waals surface area contributed by atoms with Crippen LogP contribution in [0, 0.1) is 6.92 Å². The molecular formula is C20H34N4OS. The number of piperidine rings is 1. The molecule has 1 aliphatic rings. The average Bonchev–Trinajstić information content (AvgIpc) is 2.60. The van der Waals surface area contributed by atoms with Crippen LogP contribution in [0.2, 0.25) is 0 Å². The summed E-state index contributed by atoms with van der Waals surface area (Å²) in [4.78, 5) is 6.76. The fraction of sp³-hybridized carbons (Fsp3) is 0.650. The van der Waals surface area contributed by atoms with E-state index in [0.29, 0.717) is 18.3 Å². The molecule has 2 rings (SSSR count). The summed E-state index contributed by atoms with van der Waals surface area (Å²) in [5.41, 5.74) is 2.57. The molecule has 26 heavy (non-hydrogen) atoms. The third kappa shape index (κ3) is 6.31. The van der Waals surface area contributed by atoms with Crippen LogP contribution in [0.5, 0.6) is 0 Å². The number of hydrogen-bond donors (Lipinski definition) is 2. The third-order valence-electron chi connectivity index (χ3n) is 4.65. The molecule has 2 unspecified atom stereocenters. The molecule has 1 aliphatic heterocycles. The minimum Gasteiger partial charge on any atom is -0.369 e.